The van der Waals surface area contributed by atoms with E-state index in [1.165, 1.54) is 6.07 Å². The minimum atomic E-state index is -0.214. The van der Waals surface area contributed by atoms with Crippen LogP contribution < -0.4 is 10.6 Å². The predicted molar refractivity (Wildman–Crippen MR) is 57.1 cm³/mol. The molecule has 0 saturated heterocycles. The van der Waals surface area contributed by atoms with E-state index in [0.29, 0.717) is 23.8 Å². The van der Waals surface area contributed by atoms with Crippen LogP contribution in [0.25, 0.3) is 0 Å². The molecule has 0 unspecified atom stereocenters. The van der Waals surface area contributed by atoms with Gasteiger partial charge in [0.25, 0.3) is 5.91 Å². The Labute approximate surface area is 92.0 Å². The van der Waals surface area contributed by atoms with Crippen LogP contribution in [0.3, 0.4) is 0 Å². The van der Waals surface area contributed by atoms with Crippen molar-refractivity contribution in [3.05, 3.63) is 21.9 Å². The average molecular weight is 236 g/mol. The summed E-state index contributed by atoms with van der Waals surface area (Å²) in [6.45, 7) is 1.28. The van der Waals surface area contributed by atoms with Gasteiger partial charge in [-0.25, -0.2) is 0 Å². The summed E-state index contributed by atoms with van der Waals surface area (Å²) in [5.74, 6) is -0.214. The van der Waals surface area contributed by atoms with Crippen molar-refractivity contribution >= 4 is 29.1 Å². The van der Waals surface area contributed by atoms with Crippen molar-refractivity contribution in [2.75, 3.05) is 20.1 Å². The van der Waals surface area contributed by atoms with Gasteiger partial charge in [0.1, 0.15) is 10.8 Å². The number of H-pyrrole nitrogens is 1. The molecule has 0 aliphatic rings. The Morgan fingerprint density at radius 2 is 2.21 bits per heavy atom. The van der Waals surface area contributed by atoms with E-state index in [2.05, 4.69) is 15.6 Å². The number of hydrogen-bond donors (Lipinski definition) is 3. The molecule has 6 heteroatoms. The largest absolute Gasteiger partial charge is 0.349 e. The molecule has 78 valence electrons. The van der Waals surface area contributed by atoms with Crippen molar-refractivity contribution in [2.45, 2.75) is 0 Å². The molecule has 1 amide bonds. The summed E-state index contributed by atoms with van der Waals surface area (Å²) in [6.07, 6.45) is 0. The number of nitrogens with one attached hydrogen (secondary N) is 3. The Morgan fingerprint density at radius 1 is 1.50 bits per heavy atom. The number of hydrogen-bond acceptors (Lipinski definition) is 2. The molecule has 0 fully saturated rings. The zero-order chi connectivity index (χ0) is 10.6. The quantitative estimate of drug-likeness (QED) is 0.689. The van der Waals surface area contributed by atoms with E-state index >= 15 is 0 Å². The fraction of sp³-hybridized carbons (Fsp3) is 0.375. The van der Waals surface area contributed by atoms with Gasteiger partial charge in [0.15, 0.2) is 0 Å². The molecular formula is C8H11Cl2N3O. The molecule has 1 rings (SSSR count). The second-order valence-electron chi connectivity index (χ2n) is 2.70. The van der Waals surface area contributed by atoms with Gasteiger partial charge in [-0.15, -0.1) is 0 Å². The van der Waals surface area contributed by atoms with Crippen LogP contribution in [-0.2, 0) is 0 Å². The Kier molecular flexibility index (Phi) is 4.25. The minimum Gasteiger partial charge on any atom is -0.349 e. The highest BCUT2D eigenvalue weighted by Crippen LogP contribution is 2.21. The number of aromatic nitrogens is 1. The zero-order valence-corrected chi connectivity index (χ0v) is 9.17. The Balaban J connectivity index is 2.52. The van der Waals surface area contributed by atoms with E-state index in [4.69, 9.17) is 23.2 Å². The van der Waals surface area contributed by atoms with Crippen LogP contribution in [0.15, 0.2) is 6.07 Å². The molecule has 0 atom stereocenters. The number of rotatable bonds is 4. The minimum absolute atomic E-state index is 0.214. The van der Waals surface area contributed by atoms with Crippen LogP contribution >= 0.6 is 23.2 Å². The molecule has 3 N–H and O–H groups in total. The number of likely N-dealkylation sites (N-methyl/N-ethyl adjacent to an activating group) is 1. The maximum Gasteiger partial charge on any atom is 0.267 e. The lowest BCUT2D eigenvalue weighted by Gasteiger charge is -2.01. The van der Waals surface area contributed by atoms with Gasteiger partial charge in [0, 0.05) is 13.1 Å². The number of aromatic amines is 1. The lowest BCUT2D eigenvalue weighted by molar-refractivity contribution is 0.0950. The first kappa shape index (κ1) is 11.4. The molecule has 1 heterocycles. The van der Waals surface area contributed by atoms with Crippen LogP contribution in [0.4, 0.5) is 0 Å². The fourth-order valence-electron chi connectivity index (χ4n) is 0.923. The molecule has 1 aromatic rings. The van der Waals surface area contributed by atoms with Crippen LogP contribution in [-0.4, -0.2) is 31.0 Å². The molecule has 1 aromatic heterocycles. The second-order valence-corrected chi connectivity index (χ2v) is 3.49. The van der Waals surface area contributed by atoms with E-state index in [0.717, 1.165) is 0 Å². The SMILES string of the molecule is CNCCNC(=O)c1cc(Cl)c(Cl)[nH]1. The first-order valence-corrected chi connectivity index (χ1v) is 4.87. The summed E-state index contributed by atoms with van der Waals surface area (Å²) < 4.78 is 0. The molecular weight excluding hydrogens is 225 g/mol. The highest BCUT2D eigenvalue weighted by atomic mass is 35.5. The van der Waals surface area contributed by atoms with Crippen LogP contribution in [0.2, 0.25) is 10.2 Å². The highest BCUT2D eigenvalue weighted by Gasteiger charge is 2.10. The summed E-state index contributed by atoms with van der Waals surface area (Å²) in [5, 5.41) is 6.24. The van der Waals surface area contributed by atoms with Crippen LogP contribution in [0.1, 0.15) is 10.5 Å². The molecule has 0 saturated carbocycles. The molecule has 0 bridgehead atoms. The lowest BCUT2D eigenvalue weighted by Crippen LogP contribution is -2.30. The lowest BCUT2D eigenvalue weighted by atomic mass is 10.4. The third-order valence-electron chi connectivity index (χ3n) is 1.63. The van der Waals surface area contributed by atoms with Crippen molar-refractivity contribution in [3.8, 4) is 0 Å². The molecule has 0 aliphatic heterocycles. The molecule has 0 aliphatic carbocycles. The van der Waals surface area contributed by atoms with E-state index in [1.54, 1.807) is 0 Å². The normalized spacial score (nSPS) is 10.2. The first-order valence-electron chi connectivity index (χ1n) is 4.12. The van der Waals surface area contributed by atoms with Gasteiger partial charge in [-0.3, -0.25) is 4.79 Å². The van der Waals surface area contributed by atoms with E-state index in [-0.39, 0.29) is 11.1 Å². The van der Waals surface area contributed by atoms with E-state index in [1.807, 2.05) is 7.05 Å². The maximum absolute atomic E-state index is 11.4. The van der Waals surface area contributed by atoms with Gasteiger partial charge < -0.3 is 15.6 Å². The van der Waals surface area contributed by atoms with Gasteiger partial charge in [-0.2, -0.15) is 0 Å². The third kappa shape index (κ3) is 2.90. The van der Waals surface area contributed by atoms with Crippen molar-refractivity contribution in [3.63, 3.8) is 0 Å². The molecule has 0 spiro atoms. The van der Waals surface area contributed by atoms with Crippen molar-refractivity contribution in [1.29, 1.82) is 0 Å². The fourth-order valence-corrected chi connectivity index (χ4v) is 1.24. The summed E-state index contributed by atoms with van der Waals surface area (Å²) in [4.78, 5) is 14.1. The number of halogens is 2. The Morgan fingerprint density at radius 3 is 2.71 bits per heavy atom. The molecule has 0 aromatic carbocycles. The highest BCUT2D eigenvalue weighted by molar-refractivity contribution is 6.41. The first-order chi connectivity index (χ1) is 6.65. The monoisotopic (exact) mass is 235 g/mol. The Hall–Kier alpha value is -0.710. The molecule has 0 radical (unpaired) electrons. The smallest absolute Gasteiger partial charge is 0.267 e. The third-order valence-corrected chi connectivity index (χ3v) is 2.32. The van der Waals surface area contributed by atoms with Gasteiger partial charge in [0.2, 0.25) is 0 Å². The van der Waals surface area contributed by atoms with Gasteiger partial charge in [0.05, 0.1) is 5.02 Å². The zero-order valence-electron chi connectivity index (χ0n) is 7.66. The summed E-state index contributed by atoms with van der Waals surface area (Å²) in [5.41, 5.74) is 0.371. The molecule has 14 heavy (non-hydrogen) atoms. The number of carbonyl (C=O) groups excluding carboxylic acids is 1. The van der Waals surface area contributed by atoms with E-state index in [9.17, 15) is 4.79 Å². The van der Waals surface area contributed by atoms with Gasteiger partial charge in [-0.1, -0.05) is 23.2 Å². The summed E-state index contributed by atoms with van der Waals surface area (Å²) in [6, 6.07) is 1.50. The predicted octanol–water partition coefficient (Wildman–Crippen LogP) is 1.27. The van der Waals surface area contributed by atoms with Crippen molar-refractivity contribution in [2.24, 2.45) is 0 Å². The van der Waals surface area contributed by atoms with Crippen molar-refractivity contribution in [1.82, 2.24) is 15.6 Å². The summed E-state index contributed by atoms with van der Waals surface area (Å²) >= 11 is 11.3. The molecule has 4 nitrogen and oxygen atoms in total. The second kappa shape index (κ2) is 5.24. The van der Waals surface area contributed by atoms with Gasteiger partial charge in [-0.05, 0) is 13.1 Å². The number of amides is 1. The maximum atomic E-state index is 11.4. The van der Waals surface area contributed by atoms with Crippen molar-refractivity contribution < 1.29 is 4.79 Å². The standard InChI is InChI=1S/C8H11Cl2N3O/c1-11-2-3-12-8(14)6-4-5(9)7(10)13-6/h4,11,13H,2-3H2,1H3,(H,12,14). The topological polar surface area (TPSA) is 56.9 Å². The Bertz CT molecular complexity index is 305. The van der Waals surface area contributed by atoms with Gasteiger partial charge >= 0.3 is 0 Å². The van der Waals surface area contributed by atoms with E-state index < -0.39 is 0 Å². The summed E-state index contributed by atoms with van der Waals surface area (Å²) in [7, 11) is 1.81. The van der Waals surface area contributed by atoms with Crippen LogP contribution in [0, 0.1) is 0 Å². The average Bonchev–Trinajstić information content (AvgIpc) is 2.47. The van der Waals surface area contributed by atoms with Crippen LogP contribution in [0.5, 0.6) is 0 Å². The number of carbonyl (C=O) groups is 1.